The van der Waals surface area contributed by atoms with Crippen molar-refractivity contribution in [3.63, 3.8) is 0 Å². The van der Waals surface area contributed by atoms with Crippen LogP contribution in [0.1, 0.15) is 23.6 Å². The summed E-state index contributed by atoms with van der Waals surface area (Å²) in [5.74, 6) is 0.431. The van der Waals surface area contributed by atoms with Crippen LogP contribution in [0.5, 0.6) is 0 Å². The van der Waals surface area contributed by atoms with Gasteiger partial charge in [0.25, 0.3) is 0 Å². The van der Waals surface area contributed by atoms with E-state index in [0.717, 1.165) is 16.7 Å². The lowest BCUT2D eigenvalue weighted by molar-refractivity contribution is 0.482. The highest BCUT2D eigenvalue weighted by atomic mass is 79.9. The summed E-state index contributed by atoms with van der Waals surface area (Å²) in [5, 5.41) is 0.450. The smallest absolute Gasteiger partial charge is 0.207 e. The van der Waals surface area contributed by atoms with E-state index >= 15 is 0 Å². The molecule has 1 N–H and O–H groups in total. The van der Waals surface area contributed by atoms with Crippen LogP contribution in [0.25, 0.3) is 0 Å². The van der Waals surface area contributed by atoms with Crippen LogP contribution in [0.15, 0.2) is 53.4 Å². The highest BCUT2D eigenvalue weighted by Crippen LogP contribution is 2.26. The molecule has 3 nitrogen and oxygen atoms in total. The van der Waals surface area contributed by atoms with E-state index in [0.29, 0.717) is 11.2 Å². The lowest BCUT2D eigenvalue weighted by Crippen LogP contribution is -2.44. The van der Waals surface area contributed by atoms with Crippen LogP contribution in [0.2, 0.25) is 0 Å². The Labute approximate surface area is 151 Å². The molecule has 0 aliphatic carbocycles. The Morgan fingerprint density at radius 1 is 1.09 bits per heavy atom. The highest BCUT2D eigenvalue weighted by Gasteiger charge is 2.31. The highest BCUT2D eigenvalue weighted by molar-refractivity contribution is 9.09. The molecule has 2 rings (SSSR count). The maximum absolute atomic E-state index is 12.7. The molecular formula is C17H19BrClNO2S. The summed E-state index contributed by atoms with van der Waals surface area (Å²) in [6.45, 7) is 3.77. The largest absolute Gasteiger partial charge is 0.241 e. The predicted molar refractivity (Wildman–Crippen MR) is 98.6 cm³/mol. The molecule has 2 aromatic carbocycles. The van der Waals surface area contributed by atoms with Gasteiger partial charge < -0.3 is 0 Å². The molecule has 0 radical (unpaired) electrons. The molecule has 0 heterocycles. The van der Waals surface area contributed by atoms with Gasteiger partial charge in [-0.2, -0.15) is 0 Å². The third-order valence-corrected chi connectivity index (χ3v) is 6.75. The Kier molecular flexibility index (Phi) is 5.89. The molecule has 0 aliphatic heterocycles. The van der Waals surface area contributed by atoms with E-state index in [1.165, 1.54) is 0 Å². The van der Waals surface area contributed by atoms with Crippen molar-refractivity contribution in [1.29, 1.82) is 0 Å². The summed E-state index contributed by atoms with van der Waals surface area (Å²) < 4.78 is 28.1. The molecule has 1 unspecified atom stereocenters. The molecule has 0 bridgehead atoms. The lowest BCUT2D eigenvalue weighted by Gasteiger charge is -2.29. The standard InChI is InChI=1S/C17H19BrClNO2S/c1-13-3-9-16(10-4-13)23(21,22)20-17(2,12-18)15-7-5-14(11-19)6-8-15/h3-10,20H,11-12H2,1-2H3. The lowest BCUT2D eigenvalue weighted by atomic mass is 9.95. The summed E-state index contributed by atoms with van der Waals surface area (Å²) >= 11 is 9.23. The molecule has 2 aromatic rings. The molecule has 23 heavy (non-hydrogen) atoms. The van der Waals surface area contributed by atoms with Crippen LogP contribution in [-0.4, -0.2) is 13.7 Å². The van der Waals surface area contributed by atoms with Crippen LogP contribution < -0.4 is 4.72 Å². The first-order valence-electron chi connectivity index (χ1n) is 7.13. The molecule has 0 spiro atoms. The van der Waals surface area contributed by atoms with Gasteiger partial charge in [-0.3, -0.25) is 0 Å². The second-order valence-electron chi connectivity index (χ2n) is 5.71. The van der Waals surface area contributed by atoms with Gasteiger partial charge in [0.05, 0.1) is 10.4 Å². The summed E-state index contributed by atoms with van der Waals surface area (Å²) in [4.78, 5) is 0.257. The fourth-order valence-electron chi connectivity index (χ4n) is 2.20. The number of rotatable bonds is 6. The quantitative estimate of drug-likeness (QED) is 0.713. The van der Waals surface area contributed by atoms with Crippen molar-refractivity contribution in [3.8, 4) is 0 Å². The van der Waals surface area contributed by atoms with Crippen LogP contribution >= 0.6 is 27.5 Å². The maximum Gasteiger partial charge on any atom is 0.241 e. The van der Waals surface area contributed by atoms with Gasteiger partial charge in [0, 0.05) is 11.2 Å². The zero-order valence-electron chi connectivity index (χ0n) is 13.0. The van der Waals surface area contributed by atoms with E-state index in [9.17, 15) is 8.42 Å². The van der Waals surface area contributed by atoms with Crippen molar-refractivity contribution in [3.05, 3.63) is 65.2 Å². The molecule has 0 amide bonds. The van der Waals surface area contributed by atoms with E-state index < -0.39 is 15.6 Å². The fourth-order valence-corrected chi connectivity index (χ4v) is 4.42. The SMILES string of the molecule is Cc1ccc(S(=O)(=O)NC(C)(CBr)c2ccc(CCl)cc2)cc1. The molecule has 0 saturated heterocycles. The van der Waals surface area contributed by atoms with Crippen molar-refractivity contribution < 1.29 is 8.42 Å². The van der Waals surface area contributed by atoms with Gasteiger partial charge in [-0.1, -0.05) is 57.9 Å². The van der Waals surface area contributed by atoms with Gasteiger partial charge in [0.15, 0.2) is 0 Å². The number of aryl methyl sites for hydroxylation is 1. The Balaban J connectivity index is 2.34. The Morgan fingerprint density at radius 2 is 1.65 bits per heavy atom. The number of hydrogen-bond acceptors (Lipinski definition) is 2. The van der Waals surface area contributed by atoms with Gasteiger partial charge in [0.2, 0.25) is 10.0 Å². The molecule has 124 valence electrons. The van der Waals surface area contributed by atoms with E-state index in [1.54, 1.807) is 24.3 Å². The molecule has 6 heteroatoms. The van der Waals surface area contributed by atoms with E-state index in [1.807, 2.05) is 38.1 Å². The van der Waals surface area contributed by atoms with Crippen molar-refractivity contribution in [1.82, 2.24) is 4.72 Å². The summed E-state index contributed by atoms with van der Waals surface area (Å²) in [6, 6.07) is 14.4. The minimum Gasteiger partial charge on any atom is -0.207 e. The number of halogens is 2. The summed E-state index contributed by atoms with van der Waals surface area (Å²) in [6.07, 6.45) is 0. The Hall–Kier alpha value is -0.880. The van der Waals surface area contributed by atoms with Gasteiger partial charge in [-0.15, -0.1) is 11.6 Å². The van der Waals surface area contributed by atoms with E-state index in [2.05, 4.69) is 20.7 Å². The Morgan fingerprint density at radius 3 is 2.13 bits per heavy atom. The zero-order valence-corrected chi connectivity index (χ0v) is 16.2. The first kappa shape index (κ1) is 18.5. The van der Waals surface area contributed by atoms with E-state index in [-0.39, 0.29) is 4.90 Å². The van der Waals surface area contributed by atoms with Crippen molar-refractivity contribution >= 4 is 37.6 Å². The zero-order chi connectivity index (χ0) is 17.1. The van der Waals surface area contributed by atoms with Gasteiger partial charge in [-0.05, 0) is 37.1 Å². The van der Waals surface area contributed by atoms with Crippen molar-refractivity contribution in [2.45, 2.75) is 30.2 Å². The fraction of sp³-hybridized carbons (Fsp3) is 0.294. The number of alkyl halides is 2. The second-order valence-corrected chi connectivity index (χ2v) is 8.23. The van der Waals surface area contributed by atoms with Crippen molar-refractivity contribution in [2.24, 2.45) is 0 Å². The summed E-state index contributed by atoms with van der Waals surface area (Å²) in [5.41, 5.74) is 2.13. The van der Waals surface area contributed by atoms with E-state index in [4.69, 9.17) is 11.6 Å². The van der Waals surface area contributed by atoms with Gasteiger partial charge >= 0.3 is 0 Å². The topological polar surface area (TPSA) is 46.2 Å². The average Bonchev–Trinajstić information content (AvgIpc) is 2.55. The molecule has 0 aliphatic rings. The van der Waals surface area contributed by atoms with Crippen molar-refractivity contribution in [2.75, 3.05) is 5.33 Å². The number of benzene rings is 2. The second kappa shape index (κ2) is 7.34. The molecule has 0 saturated carbocycles. The first-order chi connectivity index (χ1) is 10.8. The first-order valence-corrected chi connectivity index (χ1v) is 10.3. The normalized spacial score (nSPS) is 14.4. The molecular weight excluding hydrogens is 398 g/mol. The van der Waals surface area contributed by atoms with Crippen LogP contribution in [0.4, 0.5) is 0 Å². The molecule has 0 fully saturated rings. The summed E-state index contributed by atoms with van der Waals surface area (Å²) in [7, 11) is -3.62. The minimum atomic E-state index is -3.62. The average molecular weight is 417 g/mol. The number of hydrogen-bond donors (Lipinski definition) is 1. The Bertz CT molecular complexity index is 760. The van der Waals surface area contributed by atoms with Gasteiger partial charge in [0.1, 0.15) is 0 Å². The number of nitrogens with one attached hydrogen (secondary N) is 1. The maximum atomic E-state index is 12.7. The van der Waals surface area contributed by atoms with Crippen LogP contribution in [-0.2, 0) is 21.4 Å². The molecule has 1 atom stereocenters. The third kappa shape index (κ3) is 4.35. The third-order valence-electron chi connectivity index (χ3n) is 3.70. The minimum absolute atomic E-state index is 0.257. The van der Waals surface area contributed by atoms with Crippen LogP contribution in [0, 0.1) is 6.92 Å². The van der Waals surface area contributed by atoms with Crippen LogP contribution in [0.3, 0.4) is 0 Å². The van der Waals surface area contributed by atoms with Gasteiger partial charge in [-0.25, -0.2) is 13.1 Å². The predicted octanol–water partition coefficient (Wildman–Crippen LogP) is 4.32. The monoisotopic (exact) mass is 415 g/mol. The molecule has 0 aromatic heterocycles. The number of sulfonamides is 1.